The molecule has 0 saturated carbocycles. The number of hydrogen-bond donors (Lipinski definition) is 2. The van der Waals surface area contributed by atoms with Crippen LogP contribution in [0.15, 0.2) is 112 Å². The van der Waals surface area contributed by atoms with E-state index in [2.05, 4.69) is 27.0 Å². The van der Waals surface area contributed by atoms with Crippen LogP contribution >= 0.6 is 0 Å². The zero-order valence-electron chi connectivity index (χ0n) is 23.0. The van der Waals surface area contributed by atoms with Crippen molar-refractivity contribution in [2.24, 2.45) is 15.0 Å². The van der Waals surface area contributed by atoms with Gasteiger partial charge in [-0.05, 0) is 55.3 Å². The van der Waals surface area contributed by atoms with Gasteiger partial charge in [0.05, 0.1) is 12.6 Å². The van der Waals surface area contributed by atoms with Gasteiger partial charge in [0.25, 0.3) is 0 Å². The third kappa shape index (κ3) is 8.16. The van der Waals surface area contributed by atoms with E-state index in [1.165, 1.54) is 0 Å². The SMILES string of the molecule is CCC(Oc1ccccc1N=C=Nc1ccccc1O)C(COc1ccccc1C)Oc1ccccc1CN=C=N. The Balaban J connectivity index is 1.61. The van der Waals surface area contributed by atoms with E-state index in [1.807, 2.05) is 80.6 Å². The number of ether oxygens (including phenoxy) is 3. The first kappa shape index (κ1) is 28.8. The monoisotopic (exact) mass is 548 g/mol. The minimum absolute atomic E-state index is 0.0472. The van der Waals surface area contributed by atoms with Gasteiger partial charge in [0.15, 0.2) is 6.10 Å². The Kier molecular flexibility index (Phi) is 10.4. The van der Waals surface area contributed by atoms with Gasteiger partial charge >= 0.3 is 0 Å². The summed E-state index contributed by atoms with van der Waals surface area (Å²) in [7, 11) is 0. The van der Waals surface area contributed by atoms with Crippen molar-refractivity contribution >= 4 is 23.4 Å². The highest BCUT2D eigenvalue weighted by Crippen LogP contribution is 2.31. The molecule has 2 N–H and O–H groups in total. The molecule has 0 amide bonds. The molecule has 0 fully saturated rings. The molecule has 4 aromatic carbocycles. The van der Waals surface area contributed by atoms with E-state index in [4.69, 9.17) is 19.6 Å². The molecule has 2 atom stereocenters. The number of nitrogens with zero attached hydrogens (tertiary/aromatic N) is 3. The van der Waals surface area contributed by atoms with Crippen LogP contribution in [0.4, 0.5) is 11.4 Å². The van der Waals surface area contributed by atoms with E-state index in [-0.39, 0.29) is 18.9 Å². The topological polar surface area (TPSA) is 109 Å². The second-order valence-corrected chi connectivity index (χ2v) is 9.11. The van der Waals surface area contributed by atoms with Gasteiger partial charge in [-0.2, -0.15) is 9.98 Å². The van der Waals surface area contributed by atoms with Crippen LogP contribution in [-0.4, -0.2) is 35.9 Å². The summed E-state index contributed by atoms with van der Waals surface area (Å²) in [5.74, 6) is 1.98. The van der Waals surface area contributed by atoms with E-state index < -0.39 is 12.2 Å². The molecule has 0 heterocycles. The number of hydrogen-bond acceptors (Lipinski definition) is 8. The molecule has 8 heteroatoms. The quantitative estimate of drug-likeness (QED) is 0.166. The molecule has 0 spiro atoms. The molecule has 41 heavy (non-hydrogen) atoms. The van der Waals surface area contributed by atoms with Gasteiger partial charge in [0.2, 0.25) is 0 Å². The van der Waals surface area contributed by atoms with Crippen molar-refractivity contribution in [1.82, 2.24) is 0 Å². The summed E-state index contributed by atoms with van der Waals surface area (Å²) < 4.78 is 19.3. The maximum absolute atomic E-state index is 9.97. The van der Waals surface area contributed by atoms with Crippen LogP contribution in [0.3, 0.4) is 0 Å². The van der Waals surface area contributed by atoms with Gasteiger partial charge in [0.1, 0.15) is 53.1 Å². The van der Waals surface area contributed by atoms with Crippen molar-refractivity contribution in [3.63, 3.8) is 0 Å². The Bertz CT molecular complexity index is 1560. The number of aromatic hydroxyl groups is 1. The van der Waals surface area contributed by atoms with Crippen LogP contribution in [0.5, 0.6) is 23.0 Å². The summed E-state index contributed by atoms with van der Waals surface area (Å²) in [6.45, 7) is 4.52. The lowest BCUT2D eigenvalue weighted by Crippen LogP contribution is -2.41. The van der Waals surface area contributed by atoms with Crippen LogP contribution in [0.2, 0.25) is 0 Å². The Labute approximate surface area is 239 Å². The van der Waals surface area contributed by atoms with Crippen LogP contribution in [0, 0.1) is 12.3 Å². The Morgan fingerprint density at radius 2 is 1.37 bits per heavy atom. The van der Waals surface area contributed by atoms with Crippen LogP contribution in [-0.2, 0) is 6.54 Å². The maximum Gasteiger partial charge on any atom is 0.169 e. The van der Waals surface area contributed by atoms with Gasteiger partial charge in [-0.25, -0.2) is 10.4 Å². The van der Waals surface area contributed by atoms with Crippen molar-refractivity contribution in [3.8, 4) is 23.0 Å². The lowest BCUT2D eigenvalue weighted by atomic mass is 10.1. The average molecular weight is 549 g/mol. The lowest BCUT2D eigenvalue weighted by Gasteiger charge is -2.29. The minimum atomic E-state index is -0.503. The Morgan fingerprint density at radius 1 is 0.756 bits per heavy atom. The molecular weight excluding hydrogens is 516 g/mol. The predicted octanol–water partition coefficient (Wildman–Crippen LogP) is 7.77. The Morgan fingerprint density at radius 3 is 2.10 bits per heavy atom. The molecule has 0 aliphatic carbocycles. The van der Waals surface area contributed by atoms with Crippen molar-refractivity contribution in [2.45, 2.75) is 39.0 Å². The fraction of sp³-hybridized carbons (Fsp3) is 0.212. The number of benzene rings is 4. The lowest BCUT2D eigenvalue weighted by molar-refractivity contribution is 0.0205. The highest BCUT2D eigenvalue weighted by molar-refractivity contribution is 5.64. The highest BCUT2D eigenvalue weighted by Gasteiger charge is 2.27. The summed E-state index contributed by atoms with van der Waals surface area (Å²) in [5.41, 5.74) is 2.75. The van der Waals surface area contributed by atoms with E-state index >= 15 is 0 Å². The van der Waals surface area contributed by atoms with Crippen LogP contribution in [0.1, 0.15) is 24.5 Å². The average Bonchev–Trinajstić information content (AvgIpc) is 3.00. The first-order valence-electron chi connectivity index (χ1n) is 13.3. The van der Waals surface area contributed by atoms with Gasteiger partial charge in [-0.1, -0.05) is 67.6 Å². The minimum Gasteiger partial charge on any atom is -0.506 e. The van der Waals surface area contributed by atoms with Crippen LogP contribution in [0.25, 0.3) is 0 Å². The molecule has 0 radical (unpaired) electrons. The summed E-state index contributed by atoms with van der Waals surface area (Å²) in [6.07, 6.45) is -0.298. The van der Waals surface area contributed by atoms with E-state index in [1.54, 1.807) is 30.3 Å². The zero-order chi connectivity index (χ0) is 28.9. The second-order valence-electron chi connectivity index (χ2n) is 9.11. The Hall–Kier alpha value is -5.16. The number of nitrogens with one attached hydrogen (secondary N) is 1. The number of aliphatic imine (C=N–C) groups is 3. The maximum atomic E-state index is 9.97. The van der Waals surface area contributed by atoms with E-state index in [0.29, 0.717) is 29.3 Å². The van der Waals surface area contributed by atoms with Crippen molar-refractivity contribution in [1.29, 1.82) is 5.41 Å². The molecule has 0 aromatic heterocycles. The molecule has 4 aromatic rings. The molecular formula is C33H32N4O4. The summed E-state index contributed by atoms with van der Waals surface area (Å²) in [6, 6.07) is 34.2. The number of para-hydroxylation sites is 6. The molecule has 0 aliphatic heterocycles. The first-order chi connectivity index (χ1) is 20.1. The number of phenols is 1. The van der Waals surface area contributed by atoms with Crippen molar-refractivity contribution in [2.75, 3.05) is 6.61 Å². The molecule has 2 unspecified atom stereocenters. The molecule has 0 aliphatic rings. The summed E-state index contributed by atoms with van der Waals surface area (Å²) in [4.78, 5) is 12.5. The fourth-order valence-electron chi connectivity index (χ4n) is 4.07. The largest absolute Gasteiger partial charge is 0.506 e. The van der Waals surface area contributed by atoms with Crippen molar-refractivity contribution < 1.29 is 19.3 Å². The normalized spacial score (nSPS) is 11.8. The molecule has 0 bridgehead atoms. The summed E-state index contributed by atoms with van der Waals surface area (Å²) >= 11 is 0. The highest BCUT2D eigenvalue weighted by atomic mass is 16.6. The predicted molar refractivity (Wildman–Crippen MR) is 160 cm³/mol. The molecule has 4 rings (SSSR count). The second kappa shape index (κ2) is 14.8. The van der Waals surface area contributed by atoms with Gasteiger partial charge < -0.3 is 19.3 Å². The molecule has 8 nitrogen and oxygen atoms in total. The van der Waals surface area contributed by atoms with Gasteiger partial charge in [-0.3, -0.25) is 0 Å². The first-order valence-corrected chi connectivity index (χ1v) is 13.3. The van der Waals surface area contributed by atoms with Gasteiger partial charge in [-0.15, -0.1) is 0 Å². The van der Waals surface area contributed by atoms with Crippen molar-refractivity contribution in [3.05, 3.63) is 108 Å². The number of rotatable bonds is 13. The fourth-order valence-corrected chi connectivity index (χ4v) is 4.07. The van der Waals surface area contributed by atoms with Gasteiger partial charge in [0, 0.05) is 5.56 Å². The smallest absolute Gasteiger partial charge is 0.169 e. The van der Waals surface area contributed by atoms with Crippen LogP contribution < -0.4 is 14.2 Å². The van der Waals surface area contributed by atoms with E-state index in [0.717, 1.165) is 16.9 Å². The number of aryl methyl sites for hydroxylation is 1. The standard InChI is InChI=1S/C33H32N4O4/c1-3-29(40-32-19-11-7-15-27(32)37-23-36-26-14-6-8-16-28(26)38)33(21-39-30-17-9-4-12-24(30)2)41-31-18-10-5-13-25(31)20-35-22-34/h4-19,29,33-34,38H,3,20-21H2,1-2H3. The third-order valence-electron chi connectivity index (χ3n) is 6.26. The molecule has 0 saturated heterocycles. The molecule has 208 valence electrons. The third-order valence-corrected chi connectivity index (χ3v) is 6.26. The zero-order valence-corrected chi connectivity index (χ0v) is 23.0. The number of phenolic OH excluding ortho intramolecular Hbond substituents is 1. The van der Waals surface area contributed by atoms with E-state index in [9.17, 15) is 5.11 Å². The summed E-state index contributed by atoms with van der Waals surface area (Å²) in [5, 5.41) is 17.1.